The number of anilines is 1. The van der Waals surface area contributed by atoms with Crippen LogP contribution in [0.25, 0.3) is 0 Å². The molecule has 0 amide bonds. The Kier molecular flexibility index (Phi) is 4.83. The first-order valence-electron chi connectivity index (χ1n) is 7.28. The lowest BCUT2D eigenvalue weighted by Gasteiger charge is -2.20. The van der Waals surface area contributed by atoms with Gasteiger partial charge in [-0.1, -0.05) is 19.8 Å². The highest BCUT2D eigenvalue weighted by Crippen LogP contribution is 2.27. The SMILES string of the molecule is CCCCCC(C)Oc1ccc2c(c1)NCCC2=O. The fraction of sp³-hybridized carbons (Fsp3) is 0.562. The fourth-order valence-electron chi connectivity index (χ4n) is 2.40. The summed E-state index contributed by atoms with van der Waals surface area (Å²) in [5, 5.41) is 3.26. The summed E-state index contributed by atoms with van der Waals surface area (Å²) < 4.78 is 5.91. The molecule has 0 saturated carbocycles. The Hall–Kier alpha value is -1.51. The minimum Gasteiger partial charge on any atom is -0.491 e. The molecule has 3 heteroatoms. The van der Waals surface area contributed by atoms with E-state index in [9.17, 15) is 4.79 Å². The van der Waals surface area contributed by atoms with Crippen molar-refractivity contribution in [2.45, 2.75) is 52.1 Å². The quantitative estimate of drug-likeness (QED) is 0.786. The minimum atomic E-state index is 0.219. The van der Waals surface area contributed by atoms with Crippen LogP contribution in [0.5, 0.6) is 5.75 Å². The third-order valence-electron chi connectivity index (χ3n) is 3.51. The van der Waals surface area contributed by atoms with Gasteiger partial charge in [0.15, 0.2) is 5.78 Å². The first kappa shape index (κ1) is 13.9. The maximum atomic E-state index is 11.7. The molecule has 2 rings (SSSR count). The van der Waals surface area contributed by atoms with Crippen LogP contribution in [0.15, 0.2) is 18.2 Å². The van der Waals surface area contributed by atoms with Crippen molar-refractivity contribution < 1.29 is 9.53 Å². The number of nitrogens with one attached hydrogen (secondary N) is 1. The monoisotopic (exact) mass is 261 g/mol. The van der Waals surface area contributed by atoms with Gasteiger partial charge >= 0.3 is 0 Å². The molecule has 0 aromatic heterocycles. The molecule has 0 bridgehead atoms. The second-order valence-electron chi connectivity index (χ2n) is 5.23. The van der Waals surface area contributed by atoms with Crippen molar-refractivity contribution in [2.24, 2.45) is 0 Å². The van der Waals surface area contributed by atoms with Crippen LogP contribution in [0.3, 0.4) is 0 Å². The normalized spacial score (nSPS) is 15.6. The summed E-state index contributed by atoms with van der Waals surface area (Å²) in [6.07, 6.45) is 5.59. The molecule has 3 nitrogen and oxygen atoms in total. The second kappa shape index (κ2) is 6.60. The number of carbonyl (C=O) groups excluding carboxylic acids is 1. The van der Waals surface area contributed by atoms with E-state index in [0.29, 0.717) is 6.42 Å². The zero-order valence-corrected chi connectivity index (χ0v) is 11.9. The summed E-state index contributed by atoms with van der Waals surface area (Å²) in [4.78, 5) is 11.7. The molecule has 0 aliphatic carbocycles. The van der Waals surface area contributed by atoms with Gasteiger partial charge in [-0.3, -0.25) is 4.79 Å². The van der Waals surface area contributed by atoms with E-state index in [1.54, 1.807) is 0 Å². The molecule has 1 aromatic carbocycles. The van der Waals surface area contributed by atoms with Crippen LogP contribution in [0.1, 0.15) is 56.3 Å². The molecule has 1 aliphatic heterocycles. The summed E-state index contributed by atoms with van der Waals surface area (Å²) in [6, 6.07) is 5.72. The van der Waals surface area contributed by atoms with Crippen LogP contribution in [-0.4, -0.2) is 18.4 Å². The standard InChI is InChI=1S/C16H23NO2/c1-3-4-5-6-12(2)19-13-7-8-14-15(11-13)17-10-9-16(14)18/h7-8,11-12,17H,3-6,9-10H2,1-2H3. The lowest BCUT2D eigenvalue weighted by Crippen LogP contribution is -2.18. The number of hydrogen-bond donors (Lipinski definition) is 1. The summed E-state index contributed by atoms with van der Waals surface area (Å²) in [5.74, 6) is 1.07. The zero-order chi connectivity index (χ0) is 13.7. The van der Waals surface area contributed by atoms with Gasteiger partial charge in [0.25, 0.3) is 0 Å². The number of ketones is 1. The average molecular weight is 261 g/mol. The lowest BCUT2D eigenvalue weighted by molar-refractivity contribution is 0.0983. The summed E-state index contributed by atoms with van der Waals surface area (Å²) in [6.45, 7) is 5.03. The van der Waals surface area contributed by atoms with Crippen LogP contribution in [0.4, 0.5) is 5.69 Å². The largest absolute Gasteiger partial charge is 0.491 e. The predicted octanol–water partition coefficient (Wildman–Crippen LogP) is 4.03. The highest BCUT2D eigenvalue weighted by molar-refractivity contribution is 6.03. The Morgan fingerprint density at radius 2 is 2.21 bits per heavy atom. The number of fused-ring (bicyclic) bond motifs is 1. The van der Waals surface area contributed by atoms with E-state index in [1.165, 1.54) is 19.3 Å². The van der Waals surface area contributed by atoms with Gasteiger partial charge in [-0.25, -0.2) is 0 Å². The van der Waals surface area contributed by atoms with Crippen LogP contribution in [-0.2, 0) is 0 Å². The molecular formula is C16H23NO2. The molecule has 1 heterocycles. The number of carbonyl (C=O) groups is 1. The van der Waals surface area contributed by atoms with Gasteiger partial charge in [-0.2, -0.15) is 0 Å². The molecule has 0 spiro atoms. The number of benzene rings is 1. The van der Waals surface area contributed by atoms with Gasteiger partial charge in [-0.15, -0.1) is 0 Å². The number of unbranched alkanes of at least 4 members (excludes halogenated alkanes) is 2. The topological polar surface area (TPSA) is 38.3 Å². The van der Waals surface area contributed by atoms with E-state index in [4.69, 9.17) is 4.74 Å². The molecule has 1 unspecified atom stereocenters. The van der Waals surface area contributed by atoms with Crippen molar-refractivity contribution in [1.29, 1.82) is 0 Å². The summed E-state index contributed by atoms with van der Waals surface area (Å²) in [7, 11) is 0. The Bertz CT molecular complexity index is 442. The van der Waals surface area contributed by atoms with E-state index in [-0.39, 0.29) is 11.9 Å². The van der Waals surface area contributed by atoms with E-state index < -0.39 is 0 Å². The molecule has 19 heavy (non-hydrogen) atoms. The van der Waals surface area contributed by atoms with E-state index in [2.05, 4.69) is 19.2 Å². The molecule has 104 valence electrons. The minimum absolute atomic E-state index is 0.219. The van der Waals surface area contributed by atoms with Crippen molar-refractivity contribution >= 4 is 11.5 Å². The molecule has 1 N–H and O–H groups in total. The van der Waals surface area contributed by atoms with Gasteiger partial charge < -0.3 is 10.1 Å². The number of Topliss-reactive ketones (excluding diaryl/α,β-unsaturated/α-hetero) is 1. The molecule has 1 aromatic rings. The Morgan fingerprint density at radius 1 is 1.37 bits per heavy atom. The van der Waals surface area contributed by atoms with Crippen molar-refractivity contribution in [2.75, 3.05) is 11.9 Å². The van der Waals surface area contributed by atoms with Gasteiger partial charge in [-0.05, 0) is 31.9 Å². The fourth-order valence-corrected chi connectivity index (χ4v) is 2.40. The molecule has 0 fully saturated rings. The Labute approximate surface area is 115 Å². The first-order valence-corrected chi connectivity index (χ1v) is 7.28. The van der Waals surface area contributed by atoms with Crippen LogP contribution in [0, 0.1) is 0 Å². The molecular weight excluding hydrogens is 238 g/mol. The van der Waals surface area contributed by atoms with Crippen LogP contribution in [0.2, 0.25) is 0 Å². The van der Waals surface area contributed by atoms with E-state index >= 15 is 0 Å². The number of ether oxygens (including phenoxy) is 1. The molecule has 1 atom stereocenters. The van der Waals surface area contributed by atoms with E-state index in [0.717, 1.165) is 30.0 Å². The lowest BCUT2D eigenvalue weighted by atomic mass is 10.0. The zero-order valence-electron chi connectivity index (χ0n) is 11.9. The Balaban J connectivity index is 1.96. The van der Waals surface area contributed by atoms with Crippen molar-refractivity contribution in [3.8, 4) is 5.75 Å². The first-order chi connectivity index (χ1) is 9.20. The summed E-state index contributed by atoms with van der Waals surface area (Å²) in [5.41, 5.74) is 1.70. The average Bonchev–Trinajstić information content (AvgIpc) is 2.39. The number of rotatable bonds is 6. The third kappa shape index (κ3) is 3.72. The summed E-state index contributed by atoms with van der Waals surface area (Å²) >= 11 is 0. The van der Waals surface area contributed by atoms with Gasteiger partial charge in [0.05, 0.1) is 6.10 Å². The van der Waals surface area contributed by atoms with Crippen molar-refractivity contribution in [3.63, 3.8) is 0 Å². The molecule has 0 radical (unpaired) electrons. The van der Waals surface area contributed by atoms with Crippen LogP contribution < -0.4 is 10.1 Å². The number of hydrogen-bond acceptors (Lipinski definition) is 3. The van der Waals surface area contributed by atoms with Crippen molar-refractivity contribution in [1.82, 2.24) is 0 Å². The smallest absolute Gasteiger partial charge is 0.166 e. The predicted molar refractivity (Wildman–Crippen MR) is 78.1 cm³/mol. The van der Waals surface area contributed by atoms with Gasteiger partial charge in [0.2, 0.25) is 0 Å². The van der Waals surface area contributed by atoms with Crippen LogP contribution >= 0.6 is 0 Å². The third-order valence-corrected chi connectivity index (χ3v) is 3.51. The molecule has 1 aliphatic rings. The second-order valence-corrected chi connectivity index (χ2v) is 5.23. The maximum absolute atomic E-state index is 11.7. The Morgan fingerprint density at radius 3 is 3.00 bits per heavy atom. The van der Waals surface area contributed by atoms with E-state index in [1.807, 2.05) is 18.2 Å². The maximum Gasteiger partial charge on any atom is 0.166 e. The van der Waals surface area contributed by atoms with Gasteiger partial charge in [0.1, 0.15) is 5.75 Å². The highest BCUT2D eigenvalue weighted by Gasteiger charge is 2.17. The van der Waals surface area contributed by atoms with Gasteiger partial charge in [0, 0.05) is 30.3 Å². The highest BCUT2D eigenvalue weighted by atomic mass is 16.5. The molecule has 0 saturated heterocycles. The van der Waals surface area contributed by atoms with Crippen molar-refractivity contribution in [3.05, 3.63) is 23.8 Å².